The maximum absolute atomic E-state index is 12.4. The van der Waals surface area contributed by atoms with Crippen LogP contribution in [0.4, 0.5) is 13.2 Å². The number of hydrogen-bond donors (Lipinski definition) is 2. The van der Waals surface area contributed by atoms with E-state index in [1.165, 1.54) is 12.1 Å². The van der Waals surface area contributed by atoms with E-state index in [0.717, 1.165) is 26.2 Å². The molecular weight excluding hydrogens is 401 g/mol. The molecule has 23 heavy (non-hydrogen) atoms. The van der Waals surface area contributed by atoms with E-state index in [9.17, 15) is 18.3 Å². The predicted octanol–water partition coefficient (Wildman–Crippen LogP) is 3.10. The molecule has 0 saturated carbocycles. The molecule has 4 nitrogen and oxygen atoms in total. The number of rotatable bonds is 5. The number of piperazine rings is 1. The number of halogens is 5. The van der Waals surface area contributed by atoms with Gasteiger partial charge in [-0.2, -0.15) is 0 Å². The lowest BCUT2D eigenvalue weighted by atomic mass is 10.0. The third-order valence-corrected chi connectivity index (χ3v) is 3.96. The van der Waals surface area contributed by atoms with Crippen molar-refractivity contribution in [1.82, 2.24) is 10.2 Å². The summed E-state index contributed by atoms with van der Waals surface area (Å²) in [5.74, 6) is -0.255. The molecule has 9 heteroatoms. The molecular formula is C14H19BrClF3N2O2. The normalized spacial score (nSPS) is 17.4. The first-order chi connectivity index (χ1) is 10.4. The fraction of sp³-hybridized carbons (Fsp3) is 0.571. The summed E-state index contributed by atoms with van der Waals surface area (Å²) in [5.41, 5.74) is 0.699. The molecule has 1 saturated heterocycles. The van der Waals surface area contributed by atoms with Crippen LogP contribution in [-0.4, -0.2) is 49.2 Å². The van der Waals surface area contributed by atoms with Crippen molar-refractivity contribution < 1.29 is 23.0 Å². The van der Waals surface area contributed by atoms with Crippen molar-refractivity contribution >= 4 is 28.3 Å². The fourth-order valence-electron chi connectivity index (χ4n) is 2.65. The minimum absolute atomic E-state index is 0. The molecule has 0 amide bonds. The molecule has 1 heterocycles. The van der Waals surface area contributed by atoms with E-state index in [2.05, 4.69) is 30.9 Å². The molecule has 0 aromatic heterocycles. The van der Waals surface area contributed by atoms with Gasteiger partial charge < -0.3 is 15.2 Å². The average molecular weight is 420 g/mol. The summed E-state index contributed by atoms with van der Waals surface area (Å²) in [6.07, 6.45) is -4.26. The average Bonchev–Trinajstić information content (AvgIpc) is 2.43. The highest BCUT2D eigenvalue weighted by atomic mass is 79.9. The van der Waals surface area contributed by atoms with Crippen LogP contribution in [0.25, 0.3) is 0 Å². The van der Waals surface area contributed by atoms with Crippen LogP contribution in [-0.2, 0) is 0 Å². The lowest BCUT2D eigenvalue weighted by Crippen LogP contribution is -2.45. The topological polar surface area (TPSA) is 44.7 Å². The number of benzene rings is 1. The summed E-state index contributed by atoms with van der Waals surface area (Å²) in [6, 6.07) is 4.30. The molecule has 0 spiro atoms. The van der Waals surface area contributed by atoms with Crippen LogP contribution in [0.15, 0.2) is 22.7 Å². The second-order valence-corrected chi connectivity index (χ2v) is 6.00. The van der Waals surface area contributed by atoms with E-state index >= 15 is 0 Å². The van der Waals surface area contributed by atoms with Crippen LogP contribution in [0.2, 0.25) is 0 Å². The molecule has 1 aromatic carbocycles. The lowest BCUT2D eigenvalue weighted by molar-refractivity contribution is -0.274. The predicted molar refractivity (Wildman–Crippen MR) is 87.0 cm³/mol. The maximum atomic E-state index is 12.4. The van der Waals surface area contributed by atoms with Gasteiger partial charge in [0.25, 0.3) is 0 Å². The van der Waals surface area contributed by atoms with Gasteiger partial charge in [0.05, 0.1) is 0 Å². The van der Waals surface area contributed by atoms with Gasteiger partial charge in [0.1, 0.15) is 5.75 Å². The fourth-order valence-corrected chi connectivity index (χ4v) is 3.14. The van der Waals surface area contributed by atoms with Gasteiger partial charge in [0, 0.05) is 43.3 Å². The van der Waals surface area contributed by atoms with Crippen molar-refractivity contribution in [1.29, 1.82) is 0 Å². The Labute approximate surface area is 147 Å². The van der Waals surface area contributed by atoms with Crippen molar-refractivity contribution in [2.24, 2.45) is 0 Å². The zero-order valence-corrected chi connectivity index (χ0v) is 14.7. The van der Waals surface area contributed by atoms with Gasteiger partial charge in [-0.3, -0.25) is 4.90 Å². The van der Waals surface area contributed by atoms with Crippen LogP contribution in [0.5, 0.6) is 5.75 Å². The molecule has 0 unspecified atom stereocenters. The first kappa shape index (κ1) is 20.5. The van der Waals surface area contributed by atoms with E-state index in [0.29, 0.717) is 16.5 Å². The molecule has 0 radical (unpaired) electrons. The number of aliphatic hydroxyl groups is 1. The van der Waals surface area contributed by atoms with Crippen LogP contribution >= 0.6 is 28.3 Å². The highest BCUT2D eigenvalue weighted by molar-refractivity contribution is 9.10. The Balaban J connectivity index is 0.00000264. The number of nitrogens with zero attached hydrogens (tertiary/aromatic N) is 1. The molecule has 2 rings (SSSR count). The lowest BCUT2D eigenvalue weighted by Gasteiger charge is -2.35. The smallest absolute Gasteiger partial charge is 0.406 e. The standard InChI is InChI=1S/C14H18BrF3N2O2.ClH/c15-11-7-10(8-12(9-11)22-14(16,17)18)13(1-6-21)20-4-2-19-3-5-20;/h7-9,13,19,21H,1-6H2;1H/t13-;/m0./s1. The Kier molecular flexibility index (Phi) is 8.09. The first-order valence-corrected chi connectivity index (χ1v) is 7.80. The van der Waals surface area contributed by atoms with E-state index in [4.69, 9.17) is 0 Å². The number of aliphatic hydroxyl groups excluding tert-OH is 1. The van der Waals surface area contributed by atoms with E-state index in [1.54, 1.807) is 6.07 Å². The summed E-state index contributed by atoms with van der Waals surface area (Å²) in [6.45, 7) is 3.18. The summed E-state index contributed by atoms with van der Waals surface area (Å²) >= 11 is 3.22. The van der Waals surface area contributed by atoms with Gasteiger partial charge in [-0.05, 0) is 30.2 Å². The quantitative estimate of drug-likeness (QED) is 0.770. The van der Waals surface area contributed by atoms with E-state index in [1.807, 2.05) is 0 Å². The third kappa shape index (κ3) is 6.46. The van der Waals surface area contributed by atoms with E-state index in [-0.39, 0.29) is 30.8 Å². The monoisotopic (exact) mass is 418 g/mol. The van der Waals surface area contributed by atoms with Crippen LogP contribution < -0.4 is 10.1 Å². The van der Waals surface area contributed by atoms with E-state index < -0.39 is 6.36 Å². The number of ether oxygens (including phenoxy) is 1. The molecule has 1 fully saturated rings. The number of alkyl halides is 3. The Morgan fingerprint density at radius 3 is 2.48 bits per heavy atom. The first-order valence-electron chi connectivity index (χ1n) is 7.01. The SMILES string of the molecule is Cl.OCC[C@@H](c1cc(Br)cc(OC(F)(F)F)c1)N1CCNCC1. The summed E-state index contributed by atoms with van der Waals surface area (Å²) in [4.78, 5) is 2.16. The third-order valence-electron chi connectivity index (χ3n) is 3.51. The Morgan fingerprint density at radius 1 is 1.26 bits per heavy atom. The largest absolute Gasteiger partial charge is 0.573 e. The molecule has 1 aromatic rings. The van der Waals surface area contributed by atoms with Gasteiger partial charge in [0.2, 0.25) is 0 Å². The molecule has 1 aliphatic rings. The zero-order valence-electron chi connectivity index (χ0n) is 12.3. The molecule has 0 aliphatic carbocycles. The van der Waals surface area contributed by atoms with Crippen LogP contribution in [0.1, 0.15) is 18.0 Å². The molecule has 2 N–H and O–H groups in total. The number of hydrogen-bond acceptors (Lipinski definition) is 4. The van der Waals surface area contributed by atoms with Gasteiger partial charge in [0.15, 0.2) is 0 Å². The Bertz CT molecular complexity index is 499. The summed E-state index contributed by atoms with van der Waals surface area (Å²) in [5, 5.41) is 12.5. The Morgan fingerprint density at radius 2 is 1.91 bits per heavy atom. The van der Waals surface area contributed by atoms with Crippen molar-refractivity contribution in [3.05, 3.63) is 28.2 Å². The van der Waals surface area contributed by atoms with Gasteiger partial charge >= 0.3 is 6.36 Å². The minimum atomic E-state index is -4.72. The molecule has 0 bridgehead atoms. The minimum Gasteiger partial charge on any atom is -0.406 e. The maximum Gasteiger partial charge on any atom is 0.573 e. The molecule has 1 atom stereocenters. The summed E-state index contributed by atoms with van der Waals surface area (Å²) < 4.78 is 41.8. The summed E-state index contributed by atoms with van der Waals surface area (Å²) in [7, 11) is 0. The molecule has 1 aliphatic heterocycles. The highest BCUT2D eigenvalue weighted by Gasteiger charge is 2.32. The van der Waals surface area contributed by atoms with Crippen LogP contribution in [0, 0.1) is 0 Å². The van der Waals surface area contributed by atoms with Crippen LogP contribution in [0.3, 0.4) is 0 Å². The number of nitrogens with one attached hydrogen (secondary N) is 1. The van der Waals surface area contributed by atoms with Gasteiger partial charge in [-0.1, -0.05) is 15.9 Å². The van der Waals surface area contributed by atoms with Crippen molar-refractivity contribution in [2.75, 3.05) is 32.8 Å². The Hall–Kier alpha value is -0.540. The van der Waals surface area contributed by atoms with Gasteiger partial charge in [-0.25, -0.2) is 0 Å². The zero-order chi connectivity index (χ0) is 16.2. The van der Waals surface area contributed by atoms with Crippen molar-refractivity contribution in [3.8, 4) is 5.75 Å². The van der Waals surface area contributed by atoms with Gasteiger partial charge in [-0.15, -0.1) is 25.6 Å². The van der Waals surface area contributed by atoms with Crippen molar-refractivity contribution in [3.63, 3.8) is 0 Å². The van der Waals surface area contributed by atoms with Crippen molar-refractivity contribution in [2.45, 2.75) is 18.8 Å². The molecule has 132 valence electrons. The second-order valence-electron chi connectivity index (χ2n) is 5.08. The highest BCUT2D eigenvalue weighted by Crippen LogP contribution is 2.33. The second kappa shape index (κ2) is 9.08.